The molecule has 7 heteroatoms. The fourth-order valence-corrected chi connectivity index (χ4v) is 2.53. The van der Waals surface area contributed by atoms with Crippen molar-refractivity contribution >= 4 is 34.2 Å². The molecule has 4 rings (SSSR count). The summed E-state index contributed by atoms with van der Waals surface area (Å²) in [7, 11) is 1.96. The number of furan rings is 1. The van der Waals surface area contributed by atoms with Crippen molar-refractivity contribution in [2.45, 2.75) is 6.92 Å². The predicted molar refractivity (Wildman–Crippen MR) is 88.5 cm³/mol. The highest BCUT2D eigenvalue weighted by molar-refractivity contribution is 6.04. The molecule has 1 aromatic carbocycles. The zero-order valence-electron chi connectivity index (χ0n) is 12.7. The lowest BCUT2D eigenvalue weighted by Gasteiger charge is -1.99. The van der Waals surface area contributed by atoms with E-state index in [0.29, 0.717) is 11.7 Å². The van der Waals surface area contributed by atoms with Gasteiger partial charge < -0.3 is 8.98 Å². The Morgan fingerprint density at radius 1 is 1.17 bits per heavy atom. The van der Waals surface area contributed by atoms with Gasteiger partial charge in [0.2, 0.25) is 0 Å². The van der Waals surface area contributed by atoms with Crippen molar-refractivity contribution in [1.29, 1.82) is 0 Å². The molecular weight excluding hydrogens is 292 g/mol. The maximum Gasteiger partial charge on any atom is 0.265 e. The normalized spacial score (nSPS) is 11.7. The molecule has 1 N–H and O–H groups in total. The topological polar surface area (TPSA) is 81.1 Å². The lowest BCUT2D eigenvalue weighted by Crippen LogP contribution is -2.00. The molecule has 0 radical (unpaired) electrons. The molecule has 0 saturated carbocycles. The summed E-state index contributed by atoms with van der Waals surface area (Å²) in [4.78, 5) is 4.48. The van der Waals surface area contributed by atoms with Crippen LogP contribution in [0, 0.1) is 6.92 Å². The van der Waals surface area contributed by atoms with Crippen molar-refractivity contribution in [1.82, 2.24) is 19.7 Å². The number of hydrazone groups is 1. The first-order valence-electron chi connectivity index (χ1n) is 7.16. The minimum absolute atomic E-state index is 0.336. The summed E-state index contributed by atoms with van der Waals surface area (Å²) in [5.41, 5.74) is 5.38. The van der Waals surface area contributed by atoms with Gasteiger partial charge in [-0.05, 0) is 25.1 Å². The van der Waals surface area contributed by atoms with Gasteiger partial charge in [-0.1, -0.05) is 18.2 Å². The van der Waals surface area contributed by atoms with Gasteiger partial charge in [-0.25, -0.2) is 5.43 Å². The number of para-hydroxylation sites is 1. The van der Waals surface area contributed by atoms with Gasteiger partial charge in [0, 0.05) is 12.4 Å². The molecule has 0 spiro atoms. The molecule has 0 atom stereocenters. The molecule has 3 heterocycles. The maximum absolute atomic E-state index is 5.40. The number of aryl methyl sites for hydroxylation is 2. The predicted octanol–water partition coefficient (Wildman–Crippen LogP) is 2.86. The zero-order chi connectivity index (χ0) is 15.8. The van der Waals surface area contributed by atoms with E-state index in [0.717, 1.165) is 27.8 Å². The van der Waals surface area contributed by atoms with Crippen LogP contribution in [0.5, 0.6) is 0 Å². The summed E-state index contributed by atoms with van der Waals surface area (Å²) in [6.45, 7) is 1.88. The second-order valence-electron chi connectivity index (χ2n) is 5.20. The minimum Gasteiger partial charge on any atom is -0.460 e. The number of nitrogens with one attached hydrogen (secondary N) is 1. The zero-order valence-corrected chi connectivity index (χ0v) is 12.7. The van der Waals surface area contributed by atoms with Crippen LogP contribution in [0.2, 0.25) is 0 Å². The number of anilines is 1. The summed E-state index contributed by atoms with van der Waals surface area (Å²) in [5, 5.41) is 13.4. The van der Waals surface area contributed by atoms with Crippen LogP contribution in [0.15, 0.2) is 45.9 Å². The van der Waals surface area contributed by atoms with E-state index >= 15 is 0 Å². The van der Waals surface area contributed by atoms with Crippen LogP contribution in [-0.4, -0.2) is 26.0 Å². The standard InChI is InChI=1S/C16H14N6O/c1-10-7-8-11(23-10)9-17-20-16-18-15-14(19-21-16)12-5-3-4-6-13(12)22(15)2/h3-9H,1-2H3,(H,18,20,21)/b17-9-. The summed E-state index contributed by atoms with van der Waals surface area (Å²) < 4.78 is 7.39. The van der Waals surface area contributed by atoms with Crippen LogP contribution in [0.25, 0.3) is 22.1 Å². The van der Waals surface area contributed by atoms with E-state index in [1.165, 1.54) is 0 Å². The molecule has 7 nitrogen and oxygen atoms in total. The van der Waals surface area contributed by atoms with Crippen molar-refractivity contribution in [3.8, 4) is 0 Å². The van der Waals surface area contributed by atoms with Crippen LogP contribution < -0.4 is 5.43 Å². The van der Waals surface area contributed by atoms with Crippen LogP contribution in [0.4, 0.5) is 5.95 Å². The fourth-order valence-electron chi connectivity index (χ4n) is 2.53. The number of hydrogen-bond acceptors (Lipinski definition) is 6. The van der Waals surface area contributed by atoms with E-state index < -0.39 is 0 Å². The van der Waals surface area contributed by atoms with E-state index in [9.17, 15) is 0 Å². The van der Waals surface area contributed by atoms with Gasteiger partial charge in [-0.2, -0.15) is 10.1 Å². The van der Waals surface area contributed by atoms with Crippen molar-refractivity contribution in [2.24, 2.45) is 12.1 Å². The molecule has 114 valence electrons. The van der Waals surface area contributed by atoms with Gasteiger partial charge in [0.15, 0.2) is 5.65 Å². The Labute approximate surface area is 131 Å². The monoisotopic (exact) mass is 306 g/mol. The highest BCUT2D eigenvalue weighted by Crippen LogP contribution is 2.24. The number of nitrogens with zero attached hydrogens (tertiary/aromatic N) is 5. The molecule has 0 amide bonds. The van der Waals surface area contributed by atoms with Crippen molar-refractivity contribution in [2.75, 3.05) is 5.43 Å². The Morgan fingerprint density at radius 3 is 2.87 bits per heavy atom. The van der Waals surface area contributed by atoms with Crippen molar-refractivity contribution in [3.05, 3.63) is 47.9 Å². The maximum atomic E-state index is 5.40. The van der Waals surface area contributed by atoms with Crippen LogP contribution >= 0.6 is 0 Å². The van der Waals surface area contributed by atoms with Gasteiger partial charge in [-0.15, -0.1) is 10.2 Å². The first-order valence-corrected chi connectivity index (χ1v) is 7.16. The Hall–Kier alpha value is -3.22. The number of aromatic nitrogens is 4. The Morgan fingerprint density at radius 2 is 2.04 bits per heavy atom. The smallest absolute Gasteiger partial charge is 0.265 e. The van der Waals surface area contributed by atoms with Gasteiger partial charge >= 0.3 is 0 Å². The molecule has 0 aliphatic rings. The molecule has 3 aromatic heterocycles. The molecule has 23 heavy (non-hydrogen) atoms. The van der Waals surface area contributed by atoms with E-state index in [-0.39, 0.29) is 0 Å². The summed E-state index contributed by atoms with van der Waals surface area (Å²) in [5.74, 6) is 1.83. The minimum atomic E-state index is 0.336. The molecule has 0 aliphatic carbocycles. The van der Waals surface area contributed by atoms with Gasteiger partial charge in [-0.3, -0.25) is 0 Å². The molecular formula is C16H14N6O. The second kappa shape index (κ2) is 5.20. The lowest BCUT2D eigenvalue weighted by molar-refractivity contribution is 0.528. The SMILES string of the molecule is Cc1ccc(/C=N\Nc2nnc3c4ccccc4n(C)c3n2)o1. The van der Waals surface area contributed by atoms with Crippen LogP contribution in [0.3, 0.4) is 0 Å². The third-order valence-electron chi connectivity index (χ3n) is 3.62. The Bertz CT molecular complexity index is 1030. The summed E-state index contributed by atoms with van der Waals surface area (Å²) in [6.07, 6.45) is 1.57. The number of fused-ring (bicyclic) bond motifs is 3. The highest BCUT2D eigenvalue weighted by atomic mass is 16.3. The van der Waals surface area contributed by atoms with E-state index in [1.807, 2.05) is 54.9 Å². The summed E-state index contributed by atoms with van der Waals surface area (Å²) >= 11 is 0. The lowest BCUT2D eigenvalue weighted by atomic mass is 10.2. The van der Waals surface area contributed by atoms with E-state index in [4.69, 9.17) is 4.42 Å². The first-order chi connectivity index (χ1) is 11.2. The Balaban J connectivity index is 1.67. The molecule has 0 saturated heterocycles. The van der Waals surface area contributed by atoms with Gasteiger partial charge in [0.05, 0.1) is 11.7 Å². The molecule has 0 aliphatic heterocycles. The van der Waals surface area contributed by atoms with E-state index in [2.05, 4.69) is 25.7 Å². The summed E-state index contributed by atoms with van der Waals surface area (Å²) in [6, 6.07) is 11.7. The average Bonchev–Trinajstić information content (AvgIpc) is 3.10. The van der Waals surface area contributed by atoms with Crippen LogP contribution in [0.1, 0.15) is 11.5 Å². The fraction of sp³-hybridized carbons (Fsp3) is 0.125. The first kappa shape index (κ1) is 13.4. The molecule has 0 fully saturated rings. The number of benzene rings is 1. The third-order valence-corrected chi connectivity index (χ3v) is 3.62. The van der Waals surface area contributed by atoms with Crippen molar-refractivity contribution in [3.63, 3.8) is 0 Å². The second-order valence-corrected chi connectivity index (χ2v) is 5.20. The molecule has 0 bridgehead atoms. The largest absolute Gasteiger partial charge is 0.460 e. The quantitative estimate of drug-likeness (QED) is 0.465. The van der Waals surface area contributed by atoms with Gasteiger partial charge in [0.1, 0.15) is 17.0 Å². The average molecular weight is 306 g/mol. The highest BCUT2D eigenvalue weighted by Gasteiger charge is 2.11. The van der Waals surface area contributed by atoms with Crippen molar-refractivity contribution < 1.29 is 4.42 Å². The Kier molecular flexibility index (Phi) is 3.04. The van der Waals surface area contributed by atoms with Crippen LogP contribution in [-0.2, 0) is 7.05 Å². The van der Waals surface area contributed by atoms with E-state index in [1.54, 1.807) is 6.21 Å². The number of hydrogen-bond donors (Lipinski definition) is 1. The number of rotatable bonds is 3. The third kappa shape index (κ3) is 2.32. The van der Waals surface area contributed by atoms with Gasteiger partial charge in [0.25, 0.3) is 5.95 Å². The molecule has 4 aromatic rings. The molecule has 0 unspecified atom stereocenters.